The molecule has 7 nitrogen and oxygen atoms in total. The van der Waals surface area contributed by atoms with Crippen LogP contribution >= 0.6 is 0 Å². The van der Waals surface area contributed by atoms with E-state index in [0.29, 0.717) is 17.1 Å². The molecule has 0 saturated carbocycles. The van der Waals surface area contributed by atoms with Crippen molar-refractivity contribution in [1.82, 2.24) is 9.99 Å². The highest BCUT2D eigenvalue weighted by atomic mass is 16.5. The maximum Gasteiger partial charge on any atom is 0.276 e. The fraction of sp³-hybridized carbons (Fsp3) is 0.188. The molecule has 0 radical (unpaired) electrons. The number of nitrogens with one attached hydrogen (secondary N) is 1. The predicted octanol–water partition coefficient (Wildman–Crippen LogP) is 1.17. The molecule has 0 fully saturated rings. The summed E-state index contributed by atoms with van der Waals surface area (Å²) in [5.41, 5.74) is 2.59. The van der Waals surface area contributed by atoms with Crippen molar-refractivity contribution in [3.05, 3.63) is 58.0 Å². The molecule has 0 spiro atoms. The first-order valence-corrected chi connectivity index (χ1v) is 6.78. The van der Waals surface area contributed by atoms with Gasteiger partial charge in [-0.3, -0.25) is 9.59 Å². The van der Waals surface area contributed by atoms with Gasteiger partial charge >= 0.3 is 0 Å². The van der Waals surface area contributed by atoms with E-state index in [9.17, 15) is 9.59 Å². The van der Waals surface area contributed by atoms with Crippen LogP contribution < -0.4 is 20.5 Å². The van der Waals surface area contributed by atoms with Crippen molar-refractivity contribution in [1.29, 1.82) is 0 Å². The van der Waals surface area contributed by atoms with E-state index < -0.39 is 5.91 Å². The number of hydrogen-bond acceptors (Lipinski definition) is 5. The molecule has 0 aliphatic heterocycles. The van der Waals surface area contributed by atoms with Gasteiger partial charge < -0.3 is 14.0 Å². The summed E-state index contributed by atoms with van der Waals surface area (Å²) in [6, 6.07) is 8.35. The van der Waals surface area contributed by atoms with E-state index in [0.717, 1.165) is 0 Å². The number of rotatable bonds is 5. The SMILES string of the molecule is COc1cccc(/C=N\NC(=O)c2cccn(C)c2=O)c1OC. The van der Waals surface area contributed by atoms with Crippen LogP contribution in [0.1, 0.15) is 15.9 Å². The molecule has 0 aliphatic carbocycles. The highest BCUT2D eigenvalue weighted by Crippen LogP contribution is 2.29. The Hall–Kier alpha value is -3.09. The molecular formula is C16H17N3O4. The van der Waals surface area contributed by atoms with Crippen LogP contribution in [-0.4, -0.2) is 30.9 Å². The first-order chi connectivity index (χ1) is 11.1. The average Bonchev–Trinajstić information content (AvgIpc) is 2.56. The Morgan fingerprint density at radius 3 is 2.70 bits per heavy atom. The molecule has 1 aromatic heterocycles. The van der Waals surface area contributed by atoms with Gasteiger partial charge in [0.25, 0.3) is 11.5 Å². The molecule has 2 rings (SSSR count). The number of hydrogen-bond donors (Lipinski definition) is 1. The van der Waals surface area contributed by atoms with Crippen molar-refractivity contribution < 1.29 is 14.3 Å². The van der Waals surface area contributed by atoms with Crippen molar-refractivity contribution in [3.8, 4) is 11.5 Å². The molecule has 120 valence electrons. The van der Waals surface area contributed by atoms with Crippen molar-refractivity contribution in [2.45, 2.75) is 0 Å². The summed E-state index contributed by atoms with van der Waals surface area (Å²) in [6.45, 7) is 0. The van der Waals surface area contributed by atoms with Crippen LogP contribution in [0.4, 0.5) is 0 Å². The fourth-order valence-corrected chi connectivity index (χ4v) is 2.00. The summed E-state index contributed by atoms with van der Waals surface area (Å²) in [5.74, 6) is 0.479. The van der Waals surface area contributed by atoms with Gasteiger partial charge in [0.2, 0.25) is 0 Å². The number of methoxy groups -OCH3 is 2. The smallest absolute Gasteiger partial charge is 0.276 e. The first-order valence-electron chi connectivity index (χ1n) is 6.78. The summed E-state index contributed by atoms with van der Waals surface area (Å²) < 4.78 is 11.8. The van der Waals surface area contributed by atoms with Gasteiger partial charge in [0, 0.05) is 18.8 Å². The van der Waals surface area contributed by atoms with E-state index in [1.807, 2.05) is 0 Å². The van der Waals surface area contributed by atoms with Crippen LogP contribution in [0, 0.1) is 0 Å². The Balaban J connectivity index is 2.18. The molecule has 2 aromatic rings. The molecule has 7 heteroatoms. The van der Waals surface area contributed by atoms with E-state index >= 15 is 0 Å². The monoisotopic (exact) mass is 315 g/mol. The standard InChI is InChI=1S/C16H17N3O4/c1-19-9-5-7-12(16(19)21)15(20)18-17-10-11-6-4-8-13(22-2)14(11)23-3/h4-10H,1-3H3,(H,18,20)/b17-10-. The van der Waals surface area contributed by atoms with E-state index in [1.54, 1.807) is 37.5 Å². The Morgan fingerprint density at radius 1 is 1.22 bits per heavy atom. The summed E-state index contributed by atoms with van der Waals surface area (Å²) in [6.07, 6.45) is 3.00. The molecular weight excluding hydrogens is 298 g/mol. The Bertz CT molecular complexity index is 796. The Kier molecular flexibility index (Phi) is 5.14. The molecule has 23 heavy (non-hydrogen) atoms. The maximum atomic E-state index is 12.0. The number of benzene rings is 1. The minimum Gasteiger partial charge on any atom is -0.493 e. The van der Waals surface area contributed by atoms with Crippen LogP contribution in [0.2, 0.25) is 0 Å². The van der Waals surface area contributed by atoms with Crippen molar-refractivity contribution in [3.63, 3.8) is 0 Å². The predicted molar refractivity (Wildman–Crippen MR) is 86.3 cm³/mol. The van der Waals surface area contributed by atoms with Crippen LogP contribution in [0.25, 0.3) is 0 Å². The fourth-order valence-electron chi connectivity index (χ4n) is 2.00. The molecule has 1 N–H and O–H groups in total. The normalized spacial score (nSPS) is 10.6. The van der Waals surface area contributed by atoms with Gasteiger partial charge in [-0.25, -0.2) is 5.43 Å². The molecule has 0 saturated heterocycles. The van der Waals surface area contributed by atoms with Gasteiger partial charge in [-0.05, 0) is 24.3 Å². The van der Waals surface area contributed by atoms with Crippen molar-refractivity contribution >= 4 is 12.1 Å². The molecule has 0 aliphatic rings. The number of hydrazone groups is 1. The zero-order valence-electron chi connectivity index (χ0n) is 13.1. The number of nitrogens with zero attached hydrogens (tertiary/aromatic N) is 2. The van der Waals surface area contributed by atoms with Gasteiger partial charge in [0.1, 0.15) is 5.56 Å². The topological polar surface area (TPSA) is 81.9 Å². The van der Waals surface area contributed by atoms with Gasteiger partial charge in [0.05, 0.1) is 20.4 Å². The Labute approximate surface area is 133 Å². The highest BCUT2D eigenvalue weighted by Gasteiger charge is 2.10. The average molecular weight is 315 g/mol. The number of carbonyl (C=O) groups is 1. The Morgan fingerprint density at radius 2 is 2.00 bits per heavy atom. The van der Waals surface area contributed by atoms with Crippen molar-refractivity contribution in [2.24, 2.45) is 12.1 Å². The molecule has 0 bridgehead atoms. The number of aryl methyl sites for hydroxylation is 1. The second-order valence-electron chi connectivity index (χ2n) is 4.62. The third kappa shape index (κ3) is 3.57. The minimum atomic E-state index is -0.579. The number of aromatic nitrogens is 1. The second kappa shape index (κ2) is 7.26. The molecule has 0 unspecified atom stereocenters. The lowest BCUT2D eigenvalue weighted by Gasteiger charge is -2.09. The maximum absolute atomic E-state index is 12.0. The first kappa shape index (κ1) is 16.3. The number of carbonyl (C=O) groups excluding carboxylic acids is 1. The zero-order valence-corrected chi connectivity index (χ0v) is 13.1. The summed E-state index contributed by atoms with van der Waals surface area (Å²) in [4.78, 5) is 23.8. The summed E-state index contributed by atoms with van der Waals surface area (Å²) in [7, 11) is 4.62. The lowest BCUT2D eigenvalue weighted by Crippen LogP contribution is -2.29. The van der Waals surface area contributed by atoms with Crippen molar-refractivity contribution in [2.75, 3.05) is 14.2 Å². The van der Waals surface area contributed by atoms with Crippen LogP contribution in [0.3, 0.4) is 0 Å². The van der Waals surface area contributed by atoms with Crippen LogP contribution in [0.5, 0.6) is 11.5 Å². The van der Waals surface area contributed by atoms with Gasteiger partial charge in [-0.1, -0.05) is 6.07 Å². The zero-order chi connectivity index (χ0) is 16.8. The van der Waals surface area contributed by atoms with Gasteiger partial charge in [-0.15, -0.1) is 0 Å². The quantitative estimate of drug-likeness (QED) is 0.663. The third-order valence-corrected chi connectivity index (χ3v) is 3.17. The molecule has 1 heterocycles. The number of para-hydroxylation sites is 1. The molecule has 1 amide bonds. The van der Waals surface area contributed by atoms with E-state index in [-0.39, 0.29) is 11.1 Å². The summed E-state index contributed by atoms with van der Waals surface area (Å²) in [5, 5.41) is 3.86. The molecule has 1 aromatic carbocycles. The van der Waals surface area contributed by atoms with Crippen LogP contribution in [0.15, 0.2) is 46.4 Å². The summed E-state index contributed by atoms with van der Waals surface area (Å²) >= 11 is 0. The van der Waals surface area contributed by atoms with Gasteiger partial charge in [-0.2, -0.15) is 5.10 Å². The number of amides is 1. The minimum absolute atomic E-state index is 0.0183. The lowest BCUT2D eigenvalue weighted by molar-refractivity contribution is 0.0953. The largest absolute Gasteiger partial charge is 0.493 e. The van der Waals surface area contributed by atoms with E-state index in [2.05, 4.69) is 10.5 Å². The number of ether oxygens (including phenoxy) is 2. The number of pyridine rings is 1. The third-order valence-electron chi connectivity index (χ3n) is 3.17. The lowest BCUT2D eigenvalue weighted by atomic mass is 10.2. The second-order valence-corrected chi connectivity index (χ2v) is 4.62. The molecule has 0 atom stereocenters. The van der Waals surface area contributed by atoms with E-state index in [4.69, 9.17) is 9.47 Å². The van der Waals surface area contributed by atoms with Gasteiger partial charge in [0.15, 0.2) is 11.5 Å². The highest BCUT2D eigenvalue weighted by molar-refractivity contribution is 5.94. The van der Waals surface area contributed by atoms with Crippen LogP contribution in [-0.2, 0) is 7.05 Å². The van der Waals surface area contributed by atoms with E-state index in [1.165, 1.54) is 31.1 Å².